The lowest BCUT2D eigenvalue weighted by atomic mass is 10.0. The van der Waals surface area contributed by atoms with Crippen molar-refractivity contribution in [2.24, 2.45) is 0 Å². The van der Waals surface area contributed by atoms with Crippen LogP contribution in [0.3, 0.4) is 0 Å². The van der Waals surface area contributed by atoms with Crippen LogP contribution in [0, 0.1) is 15.9 Å². The van der Waals surface area contributed by atoms with Crippen molar-refractivity contribution in [3.63, 3.8) is 0 Å². The van der Waals surface area contributed by atoms with Crippen LogP contribution in [0.15, 0.2) is 84.6 Å². The molecular formula is C22H14FN3O4. The van der Waals surface area contributed by atoms with Crippen molar-refractivity contribution in [1.82, 2.24) is 0 Å². The van der Waals surface area contributed by atoms with Gasteiger partial charge in [0.1, 0.15) is 11.5 Å². The van der Waals surface area contributed by atoms with Gasteiger partial charge >= 0.3 is 0 Å². The van der Waals surface area contributed by atoms with Crippen LogP contribution >= 0.6 is 0 Å². The van der Waals surface area contributed by atoms with E-state index in [1.807, 2.05) is 0 Å². The zero-order chi connectivity index (χ0) is 21.3. The second-order valence-corrected chi connectivity index (χ2v) is 6.47. The van der Waals surface area contributed by atoms with E-state index in [-0.39, 0.29) is 22.6 Å². The van der Waals surface area contributed by atoms with Gasteiger partial charge in [0, 0.05) is 17.8 Å². The molecule has 148 valence electrons. The van der Waals surface area contributed by atoms with Gasteiger partial charge in [0.15, 0.2) is 0 Å². The van der Waals surface area contributed by atoms with Gasteiger partial charge in [-0.2, -0.15) is 0 Å². The first-order chi connectivity index (χ1) is 14.5. The fourth-order valence-electron chi connectivity index (χ4n) is 3.18. The summed E-state index contributed by atoms with van der Waals surface area (Å²) in [4.78, 5) is 37.6. The Morgan fingerprint density at radius 2 is 1.57 bits per heavy atom. The average molecular weight is 403 g/mol. The molecule has 3 aromatic rings. The van der Waals surface area contributed by atoms with Gasteiger partial charge in [0.05, 0.1) is 16.2 Å². The van der Waals surface area contributed by atoms with Gasteiger partial charge in [0.2, 0.25) is 0 Å². The molecule has 4 rings (SSSR count). The number of nitrogens with one attached hydrogen (secondary N) is 1. The van der Waals surface area contributed by atoms with Gasteiger partial charge in [-0.3, -0.25) is 19.7 Å². The minimum absolute atomic E-state index is 0.00399. The number of carbonyl (C=O) groups excluding carboxylic acids is 2. The summed E-state index contributed by atoms with van der Waals surface area (Å²) < 4.78 is 13.7. The van der Waals surface area contributed by atoms with Crippen molar-refractivity contribution in [2.45, 2.75) is 0 Å². The van der Waals surface area contributed by atoms with E-state index in [0.29, 0.717) is 11.3 Å². The number of nitrogens with zero attached hydrogens (tertiary/aromatic N) is 2. The number of carbonyl (C=O) groups is 2. The number of benzene rings is 3. The summed E-state index contributed by atoms with van der Waals surface area (Å²) in [5.41, 5.74) is 0.905. The van der Waals surface area contributed by atoms with E-state index in [1.165, 1.54) is 42.5 Å². The molecule has 0 saturated carbocycles. The summed E-state index contributed by atoms with van der Waals surface area (Å²) in [5, 5.41) is 13.9. The molecule has 0 fully saturated rings. The van der Waals surface area contributed by atoms with Crippen molar-refractivity contribution in [3.05, 3.63) is 106 Å². The highest BCUT2D eigenvalue weighted by atomic mass is 19.1. The molecule has 1 N–H and O–H groups in total. The van der Waals surface area contributed by atoms with E-state index in [4.69, 9.17) is 0 Å². The predicted molar refractivity (Wildman–Crippen MR) is 109 cm³/mol. The molecule has 1 aliphatic rings. The molecule has 0 aliphatic carbocycles. The first-order valence-corrected chi connectivity index (χ1v) is 8.91. The Hall–Kier alpha value is -4.33. The SMILES string of the molecule is O=C1C(Nc2ccccc2)=C(c2ccc([N+](=O)[O-])cc2)C(=O)N1c1cccc(F)c1. The Labute approximate surface area is 170 Å². The lowest BCUT2D eigenvalue weighted by Gasteiger charge is -2.15. The summed E-state index contributed by atoms with van der Waals surface area (Å²) in [5.74, 6) is -1.89. The molecule has 30 heavy (non-hydrogen) atoms. The van der Waals surface area contributed by atoms with Gasteiger partial charge in [0.25, 0.3) is 17.5 Å². The number of imide groups is 1. The number of non-ortho nitro benzene ring substituents is 1. The second kappa shape index (κ2) is 7.59. The number of hydrogen-bond donors (Lipinski definition) is 1. The number of anilines is 2. The first kappa shape index (κ1) is 19.0. The molecule has 1 aliphatic heterocycles. The van der Waals surface area contributed by atoms with Crippen LogP contribution in [-0.2, 0) is 9.59 Å². The van der Waals surface area contributed by atoms with Crippen LogP contribution in [0.2, 0.25) is 0 Å². The number of nitro benzene ring substituents is 1. The topological polar surface area (TPSA) is 92.5 Å². The Kier molecular flexibility index (Phi) is 4.81. The maximum absolute atomic E-state index is 13.7. The fraction of sp³-hybridized carbons (Fsp3) is 0. The fourth-order valence-corrected chi connectivity index (χ4v) is 3.18. The Bertz CT molecular complexity index is 1190. The molecule has 3 aromatic carbocycles. The maximum Gasteiger partial charge on any atom is 0.282 e. The number of hydrogen-bond acceptors (Lipinski definition) is 5. The monoisotopic (exact) mass is 403 g/mol. The lowest BCUT2D eigenvalue weighted by Crippen LogP contribution is -2.32. The van der Waals surface area contributed by atoms with Gasteiger partial charge in [-0.15, -0.1) is 0 Å². The van der Waals surface area contributed by atoms with Crippen molar-refractivity contribution in [1.29, 1.82) is 0 Å². The van der Waals surface area contributed by atoms with E-state index >= 15 is 0 Å². The third-order valence-corrected chi connectivity index (χ3v) is 4.56. The molecule has 0 radical (unpaired) electrons. The second-order valence-electron chi connectivity index (χ2n) is 6.47. The minimum atomic E-state index is -0.655. The minimum Gasteiger partial charge on any atom is -0.350 e. The molecular weight excluding hydrogens is 389 g/mol. The summed E-state index contributed by atoms with van der Waals surface area (Å²) in [6.07, 6.45) is 0. The summed E-state index contributed by atoms with van der Waals surface area (Å²) in [6, 6.07) is 19.3. The molecule has 8 heteroatoms. The normalized spacial score (nSPS) is 13.7. The third-order valence-electron chi connectivity index (χ3n) is 4.56. The number of para-hydroxylation sites is 1. The lowest BCUT2D eigenvalue weighted by molar-refractivity contribution is -0.384. The van der Waals surface area contributed by atoms with E-state index in [9.17, 15) is 24.1 Å². The Balaban J connectivity index is 1.82. The molecule has 0 spiro atoms. The third kappa shape index (κ3) is 3.42. The number of halogens is 1. The van der Waals surface area contributed by atoms with Crippen LogP contribution in [0.1, 0.15) is 5.56 Å². The van der Waals surface area contributed by atoms with Crippen LogP contribution in [0.5, 0.6) is 0 Å². The van der Waals surface area contributed by atoms with Gasteiger partial charge in [-0.25, -0.2) is 9.29 Å². The van der Waals surface area contributed by atoms with E-state index < -0.39 is 22.6 Å². The summed E-state index contributed by atoms with van der Waals surface area (Å²) >= 11 is 0. The molecule has 7 nitrogen and oxygen atoms in total. The highest BCUT2D eigenvalue weighted by Crippen LogP contribution is 2.34. The number of rotatable bonds is 5. The zero-order valence-electron chi connectivity index (χ0n) is 15.4. The van der Waals surface area contributed by atoms with Crippen molar-refractivity contribution < 1.29 is 18.9 Å². The van der Waals surface area contributed by atoms with Gasteiger partial charge in [-0.1, -0.05) is 24.3 Å². The van der Waals surface area contributed by atoms with Crippen molar-refractivity contribution in [2.75, 3.05) is 10.2 Å². The van der Waals surface area contributed by atoms with E-state index in [2.05, 4.69) is 5.32 Å². The molecule has 1 heterocycles. The first-order valence-electron chi connectivity index (χ1n) is 8.91. The molecule has 2 amide bonds. The molecule has 0 bridgehead atoms. The number of nitro groups is 1. The highest BCUT2D eigenvalue weighted by molar-refractivity contribution is 6.46. The summed E-state index contributed by atoms with van der Waals surface area (Å²) in [6.45, 7) is 0. The molecule has 0 unspecified atom stereocenters. The van der Waals surface area contributed by atoms with Crippen LogP contribution < -0.4 is 10.2 Å². The Morgan fingerprint density at radius 1 is 0.867 bits per heavy atom. The predicted octanol–water partition coefficient (Wildman–Crippen LogP) is 4.13. The van der Waals surface area contributed by atoms with Gasteiger partial charge < -0.3 is 5.32 Å². The zero-order valence-corrected chi connectivity index (χ0v) is 15.4. The molecule has 0 aromatic heterocycles. The molecule has 0 saturated heterocycles. The van der Waals surface area contributed by atoms with Crippen molar-refractivity contribution in [3.8, 4) is 0 Å². The Morgan fingerprint density at radius 3 is 2.20 bits per heavy atom. The van der Waals surface area contributed by atoms with E-state index in [0.717, 1.165) is 11.0 Å². The van der Waals surface area contributed by atoms with Crippen LogP contribution in [0.25, 0.3) is 5.57 Å². The van der Waals surface area contributed by atoms with Crippen molar-refractivity contribution >= 4 is 34.4 Å². The molecule has 0 atom stereocenters. The van der Waals surface area contributed by atoms with E-state index in [1.54, 1.807) is 30.3 Å². The smallest absolute Gasteiger partial charge is 0.282 e. The maximum atomic E-state index is 13.7. The highest BCUT2D eigenvalue weighted by Gasteiger charge is 2.40. The van der Waals surface area contributed by atoms with Crippen LogP contribution in [-0.4, -0.2) is 16.7 Å². The number of amides is 2. The quantitative estimate of drug-likeness (QED) is 0.393. The largest absolute Gasteiger partial charge is 0.350 e. The van der Waals surface area contributed by atoms with Gasteiger partial charge in [-0.05, 0) is 48.0 Å². The standard InChI is InChI=1S/C22H14FN3O4/c23-15-5-4-8-18(13-15)25-21(27)19(14-9-11-17(12-10-14)26(29)30)20(22(25)28)24-16-6-2-1-3-7-16/h1-13,24H. The summed E-state index contributed by atoms with van der Waals surface area (Å²) in [7, 11) is 0. The average Bonchev–Trinajstić information content (AvgIpc) is 2.98. The van der Waals surface area contributed by atoms with Crippen LogP contribution in [0.4, 0.5) is 21.5 Å².